The molecule has 1 aromatic rings. The normalized spacial score (nSPS) is 10.1. The summed E-state index contributed by atoms with van der Waals surface area (Å²) in [7, 11) is 1.59. The van der Waals surface area contributed by atoms with Crippen molar-refractivity contribution in [3.8, 4) is 0 Å². The number of carbonyl (C=O) groups is 1. The van der Waals surface area contributed by atoms with Crippen molar-refractivity contribution < 1.29 is 9.53 Å². The highest BCUT2D eigenvalue weighted by molar-refractivity contribution is 9.10. The van der Waals surface area contributed by atoms with Gasteiger partial charge in [-0.25, -0.2) is 0 Å². The molecule has 0 aromatic heterocycles. The van der Waals surface area contributed by atoms with Crippen LogP contribution in [0, 0.1) is 0 Å². The first kappa shape index (κ1) is 14.3. The van der Waals surface area contributed by atoms with Crippen LogP contribution >= 0.6 is 27.5 Å². The molecule has 94 valence electrons. The summed E-state index contributed by atoms with van der Waals surface area (Å²) >= 11 is 9.31. The van der Waals surface area contributed by atoms with Gasteiger partial charge in [-0.05, 0) is 18.2 Å². The van der Waals surface area contributed by atoms with Gasteiger partial charge in [-0.15, -0.1) is 0 Å². The number of nitrogens with one attached hydrogen (secondary N) is 2. The Kier molecular flexibility index (Phi) is 6.32. The Labute approximate surface area is 114 Å². The molecule has 0 atom stereocenters. The van der Waals surface area contributed by atoms with Crippen LogP contribution in [0.15, 0.2) is 22.7 Å². The molecule has 0 saturated carbocycles. The second kappa shape index (κ2) is 7.53. The van der Waals surface area contributed by atoms with Crippen LogP contribution in [0.5, 0.6) is 0 Å². The maximum Gasteiger partial charge on any atom is 0.239 e. The molecule has 0 aliphatic heterocycles. The lowest BCUT2D eigenvalue weighted by atomic mass is 10.3. The van der Waals surface area contributed by atoms with E-state index >= 15 is 0 Å². The molecule has 0 saturated heterocycles. The molecular formula is C11H14BrClN2O2. The molecular weight excluding hydrogens is 307 g/mol. The van der Waals surface area contributed by atoms with E-state index in [9.17, 15) is 4.79 Å². The summed E-state index contributed by atoms with van der Waals surface area (Å²) < 4.78 is 5.73. The van der Waals surface area contributed by atoms with Crippen LogP contribution < -0.4 is 10.6 Å². The Balaban J connectivity index is 2.39. The van der Waals surface area contributed by atoms with E-state index in [1.54, 1.807) is 13.2 Å². The van der Waals surface area contributed by atoms with Gasteiger partial charge in [0, 0.05) is 18.1 Å². The number of hydrogen-bond donors (Lipinski definition) is 2. The van der Waals surface area contributed by atoms with Crippen LogP contribution in [0.4, 0.5) is 5.69 Å². The standard InChI is InChI=1S/C11H14BrClN2O2/c1-17-5-4-14-11(16)7-15-10-6-8(12)2-3-9(10)13/h2-3,6,15H,4-5,7H2,1H3,(H,14,16). The first-order chi connectivity index (χ1) is 8.13. The molecule has 0 heterocycles. The van der Waals surface area contributed by atoms with Crippen molar-refractivity contribution in [2.75, 3.05) is 32.1 Å². The summed E-state index contributed by atoms with van der Waals surface area (Å²) in [6, 6.07) is 5.42. The lowest BCUT2D eigenvalue weighted by molar-refractivity contribution is -0.119. The summed E-state index contributed by atoms with van der Waals surface area (Å²) in [4.78, 5) is 11.4. The van der Waals surface area contributed by atoms with Crippen LogP contribution in [-0.4, -0.2) is 32.7 Å². The van der Waals surface area contributed by atoms with Crippen molar-refractivity contribution in [2.24, 2.45) is 0 Å². The van der Waals surface area contributed by atoms with E-state index < -0.39 is 0 Å². The van der Waals surface area contributed by atoms with Gasteiger partial charge in [0.25, 0.3) is 0 Å². The third-order valence-corrected chi connectivity index (χ3v) is 2.82. The Bertz CT molecular complexity index is 388. The SMILES string of the molecule is COCCNC(=O)CNc1cc(Br)ccc1Cl. The van der Waals surface area contributed by atoms with Crippen molar-refractivity contribution in [3.63, 3.8) is 0 Å². The summed E-state index contributed by atoms with van der Waals surface area (Å²) in [5.41, 5.74) is 0.725. The van der Waals surface area contributed by atoms with Crippen molar-refractivity contribution in [2.45, 2.75) is 0 Å². The number of ether oxygens (including phenoxy) is 1. The van der Waals surface area contributed by atoms with Crippen molar-refractivity contribution >= 4 is 39.1 Å². The van der Waals surface area contributed by atoms with Gasteiger partial charge in [0.1, 0.15) is 0 Å². The Morgan fingerprint density at radius 1 is 1.53 bits per heavy atom. The molecule has 17 heavy (non-hydrogen) atoms. The molecule has 0 fully saturated rings. The topological polar surface area (TPSA) is 50.4 Å². The predicted molar refractivity (Wildman–Crippen MR) is 72.5 cm³/mol. The highest BCUT2D eigenvalue weighted by atomic mass is 79.9. The second-order valence-corrected chi connectivity index (χ2v) is 4.64. The molecule has 1 rings (SSSR count). The zero-order valence-corrected chi connectivity index (χ0v) is 11.8. The first-order valence-corrected chi connectivity index (χ1v) is 6.25. The van der Waals surface area contributed by atoms with Crippen LogP contribution in [0.25, 0.3) is 0 Å². The van der Waals surface area contributed by atoms with Crippen LogP contribution in [0.1, 0.15) is 0 Å². The molecule has 1 amide bonds. The average Bonchev–Trinajstić information content (AvgIpc) is 2.31. The predicted octanol–water partition coefficient (Wildman–Crippen LogP) is 2.28. The molecule has 4 nitrogen and oxygen atoms in total. The lowest BCUT2D eigenvalue weighted by Crippen LogP contribution is -2.32. The fourth-order valence-corrected chi connectivity index (χ4v) is 1.71. The second-order valence-electron chi connectivity index (χ2n) is 3.32. The number of rotatable bonds is 6. The van der Waals surface area contributed by atoms with Crippen LogP contribution in [0.2, 0.25) is 5.02 Å². The Morgan fingerprint density at radius 2 is 2.29 bits per heavy atom. The molecule has 0 aliphatic rings. The molecule has 1 aromatic carbocycles. The fraction of sp³-hybridized carbons (Fsp3) is 0.364. The summed E-state index contributed by atoms with van der Waals surface area (Å²) in [5, 5.41) is 6.25. The van der Waals surface area contributed by atoms with Gasteiger partial charge in [0.05, 0.1) is 23.9 Å². The van der Waals surface area contributed by atoms with Crippen LogP contribution in [0.3, 0.4) is 0 Å². The number of carbonyl (C=O) groups excluding carboxylic acids is 1. The quantitative estimate of drug-likeness (QED) is 0.790. The van der Waals surface area contributed by atoms with Crippen molar-refractivity contribution in [1.29, 1.82) is 0 Å². The number of benzene rings is 1. The minimum absolute atomic E-state index is 0.0990. The Hall–Kier alpha value is -0.780. The largest absolute Gasteiger partial charge is 0.383 e. The van der Waals surface area contributed by atoms with Gasteiger partial charge in [-0.1, -0.05) is 27.5 Å². The van der Waals surface area contributed by atoms with E-state index in [0.717, 1.165) is 10.2 Å². The highest BCUT2D eigenvalue weighted by Gasteiger charge is 2.03. The molecule has 2 N–H and O–H groups in total. The maximum absolute atomic E-state index is 11.4. The minimum atomic E-state index is -0.0990. The van der Waals surface area contributed by atoms with Gasteiger partial charge < -0.3 is 15.4 Å². The van der Waals surface area contributed by atoms with Crippen molar-refractivity contribution in [3.05, 3.63) is 27.7 Å². The number of halogens is 2. The molecule has 0 aliphatic carbocycles. The molecule has 0 bridgehead atoms. The third kappa shape index (κ3) is 5.39. The van der Waals surface area contributed by atoms with E-state index in [-0.39, 0.29) is 12.5 Å². The fourth-order valence-electron chi connectivity index (χ4n) is 1.16. The third-order valence-electron chi connectivity index (χ3n) is 2.00. The van der Waals surface area contributed by atoms with E-state index in [2.05, 4.69) is 26.6 Å². The number of amides is 1. The van der Waals surface area contributed by atoms with Gasteiger partial charge in [0.15, 0.2) is 0 Å². The van der Waals surface area contributed by atoms with E-state index in [1.165, 1.54) is 0 Å². The summed E-state index contributed by atoms with van der Waals surface area (Å²) in [5.74, 6) is -0.0990. The number of methoxy groups -OCH3 is 1. The average molecular weight is 322 g/mol. The molecule has 0 unspecified atom stereocenters. The molecule has 0 radical (unpaired) electrons. The molecule has 0 spiro atoms. The number of hydrogen-bond acceptors (Lipinski definition) is 3. The Morgan fingerprint density at radius 3 is 3.00 bits per heavy atom. The van der Waals surface area contributed by atoms with Crippen LogP contribution in [-0.2, 0) is 9.53 Å². The minimum Gasteiger partial charge on any atom is -0.383 e. The van der Waals surface area contributed by atoms with E-state index in [4.69, 9.17) is 16.3 Å². The number of anilines is 1. The van der Waals surface area contributed by atoms with E-state index in [1.807, 2.05) is 12.1 Å². The van der Waals surface area contributed by atoms with Gasteiger partial charge in [0.2, 0.25) is 5.91 Å². The summed E-state index contributed by atoms with van der Waals surface area (Å²) in [6.45, 7) is 1.19. The van der Waals surface area contributed by atoms with Gasteiger partial charge in [-0.3, -0.25) is 4.79 Å². The lowest BCUT2D eigenvalue weighted by Gasteiger charge is -2.09. The zero-order valence-electron chi connectivity index (χ0n) is 9.43. The highest BCUT2D eigenvalue weighted by Crippen LogP contribution is 2.25. The van der Waals surface area contributed by atoms with E-state index in [0.29, 0.717) is 18.2 Å². The summed E-state index contributed by atoms with van der Waals surface area (Å²) in [6.07, 6.45) is 0. The van der Waals surface area contributed by atoms with Crippen molar-refractivity contribution in [1.82, 2.24) is 5.32 Å². The van der Waals surface area contributed by atoms with Gasteiger partial charge >= 0.3 is 0 Å². The molecule has 6 heteroatoms. The first-order valence-electron chi connectivity index (χ1n) is 5.08. The maximum atomic E-state index is 11.4. The smallest absolute Gasteiger partial charge is 0.239 e. The zero-order chi connectivity index (χ0) is 12.7. The van der Waals surface area contributed by atoms with Gasteiger partial charge in [-0.2, -0.15) is 0 Å². The monoisotopic (exact) mass is 320 g/mol.